The molecule has 2 unspecified atom stereocenters. The maximum atomic E-state index is 5.74. The highest BCUT2D eigenvalue weighted by molar-refractivity contribution is 5.42. The Balaban J connectivity index is 2.19. The van der Waals surface area contributed by atoms with E-state index in [9.17, 15) is 0 Å². The monoisotopic (exact) mass is 264 g/mol. The van der Waals surface area contributed by atoms with Gasteiger partial charge in [0, 0.05) is 12.6 Å². The highest BCUT2D eigenvalue weighted by Crippen LogP contribution is 2.30. The Morgan fingerprint density at radius 3 is 2.79 bits per heavy atom. The molecule has 2 atom stereocenters. The van der Waals surface area contributed by atoms with E-state index < -0.39 is 0 Å². The SMILES string of the molecule is COc1cc(C)c(C(CC2CCCO2)NN)cc1C. The number of hydrazine groups is 1. The number of aryl methyl sites for hydroxylation is 2. The molecule has 0 aromatic heterocycles. The third-order valence-corrected chi connectivity index (χ3v) is 3.88. The minimum absolute atomic E-state index is 0.132. The van der Waals surface area contributed by atoms with Crippen molar-refractivity contribution in [2.75, 3.05) is 13.7 Å². The quantitative estimate of drug-likeness (QED) is 0.633. The van der Waals surface area contributed by atoms with Crippen LogP contribution in [0.15, 0.2) is 12.1 Å². The lowest BCUT2D eigenvalue weighted by Gasteiger charge is -2.23. The van der Waals surface area contributed by atoms with Crippen LogP contribution < -0.4 is 16.0 Å². The number of methoxy groups -OCH3 is 1. The maximum Gasteiger partial charge on any atom is 0.122 e. The standard InChI is InChI=1S/C15H24N2O2/c1-10-8-15(18-3)11(2)7-13(10)14(17-16)9-12-5-4-6-19-12/h7-8,12,14,17H,4-6,9,16H2,1-3H3. The van der Waals surface area contributed by atoms with Gasteiger partial charge in [-0.1, -0.05) is 6.07 Å². The van der Waals surface area contributed by atoms with Crippen molar-refractivity contribution in [3.63, 3.8) is 0 Å². The molecule has 0 saturated carbocycles. The van der Waals surface area contributed by atoms with E-state index >= 15 is 0 Å². The lowest BCUT2D eigenvalue weighted by molar-refractivity contribution is 0.0945. The predicted molar refractivity (Wildman–Crippen MR) is 76.1 cm³/mol. The zero-order chi connectivity index (χ0) is 13.8. The van der Waals surface area contributed by atoms with E-state index in [0.717, 1.165) is 37.2 Å². The molecule has 1 fully saturated rings. The number of hydrogen-bond acceptors (Lipinski definition) is 4. The van der Waals surface area contributed by atoms with Crippen molar-refractivity contribution >= 4 is 0 Å². The first kappa shape index (κ1) is 14.3. The van der Waals surface area contributed by atoms with Gasteiger partial charge in [0.2, 0.25) is 0 Å². The van der Waals surface area contributed by atoms with Crippen molar-refractivity contribution in [1.29, 1.82) is 0 Å². The van der Waals surface area contributed by atoms with E-state index in [4.69, 9.17) is 15.3 Å². The number of rotatable bonds is 5. The molecule has 0 aliphatic carbocycles. The number of nitrogens with two attached hydrogens (primary N) is 1. The van der Waals surface area contributed by atoms with Gasteiger partial charge in [-0.05, 0) is 55.9 Å². The van der Waals surface area contributed by atoms with Crippen molar-refractivity contribution in [1.82, 2.24) is 5.43 Å². The van der Waals surface area contributed by atoms with Gasteiger partial charge in [0.1, 0.15) is 5.75 Å². The fraction of sp³-hybridized carbons (Fsp3) is 0.600. The number of benzene rings is 1. The van der Waals surface area contributed by atoms with Crippen LogP contribution in [-0.2, 0) is 4.74 Å². The Kier molecular flexibility index (Phi) is 4.80. The molecular formula is C15H24N2O2. The topological polar surface area (TPSA) is 56.5 Å². The highest BCUT2D eigenvalue weighted by Gasteiger charge is 2.22. The zero-order valence-electron chi connectivity index (χ0n) is 12.0. The van der Waals surface area contributed by atoms with Gasteiger partial charge < -0.3 is 9.47 Å². The summed E-state index contributed by atoms with van der Waals surface area (Å²) in [5, 5.41) is 0. The molecule has 4 heteroatoms. The van der Waals surface area contributed by atoms with Crippen molar-refractivity contribution < 1.29 is 9.47 Å². The van der Waals surface area contributed by atoms with Crippen LogP contribution in [0.25, 0.3) is 0 Å². The Morgan fingerprint density at radius 1 is 1.42 bits per heavy atom. The minimum Gasteiger partial charge on any atom is -0.496 e. The third kappa shape index (κ3) is 3.26. The van der Waals surface area contributed by atoms with Gasteiger partial charge in [0.15, 0.2) is 0 Å². The third-order valence-electron chi connectivity index (χ3n) is 3.88. The van der Waals surface area contributed by atoms with Crippen LogP contribution in [0.4, 0.5) is 0 Å². The lowest BCUT2D eigenvalue weighted by atomic mass is 9.94. The molecule has 0 radical (unpaired) electrons. The summed E-state index contributed by atoms with van der Waals surface area (Å²) in [5.41, 5.74) is 6.50. The summed E-state index contributed by atoms with van der Waals surface area (Å²) in [6, 6.07) is 4.37. The molecule has 106 valence electrons. The second-order valence-electron chi connectivity index (χ2n) is 5.27. The van der Waals surface area contributed by atoms with Crippen LogP contribution in [0.5, 0.6) is 5.75 Å². The molecule has 19 heavy (non-hydrogen) atoms. The summed E-state index contributed by atoms with van der Waals surface area (Å²) in [6.45, 7) is 5.03. The van der Waals surface area contributed by atoms with E-state index in [-0.39, 0.29) is 6.04 Å². The van der Waals surface area contributed by atoms with Gasteiger partial charge in [-0.15, -0.1) is 0 Å². The summed E-state index contributed by atoms with van der Waals surface area (Å²) < 4.78 is 11.1. The van der Waals surface area contributed by atoms with E-state index in [2.05, 4.69) is 31.4 Å². The summed E-state index contributed by atoms with van der Waals surface area (Å²) in [5.74, 6) is 6.66. The zero-order valence-corrected chi connectivity index (χ0v) is 12.0. The first-order chi connectivity index (χ1) is 9.15. The van der Waals surface area contributed by atoms with Gasteiger partial charge >= 0.3 is 0 Å². The van der Waals surface area contributed by atoms with Crippen LogP contribution in [0.3, 0.4) is 0 Å². The molecule has 0 spiro atoms. The van der Waals surface area contributed by atoms with Crippen molar-refractivity contribution in [3.05, 3.63) is 28.8 Å². The lowest BCUT2D eigenvalue weighted by Crippen LogP contribution is -2.31. The Bertz CT molecular complexity index is 428. The summed E-state index contributed by atoms with van der Waals surface area (Å²) in [4.78, 5) is 0. The van der Waals surface area contributed by atoms with Crippen LogP contribution in [0.1, 0.15) is 42.0 Å². The van der Waals surface area contributed by atoms with E-state index in [1.165, 1.54) is 11.1 Å². The van der Waals surface area contributed by atoms with Crippen LogP contribution in [0, 0.1) is 13.8 Å². The first-order valence-corrected chi connectivity index (χ1v) is 6.88. The normalized spacial score (nSPS) is 20.5. The van der Waals surface area contributed by atoms with Gasteiger partial charge in [0.05, 0.1) is 13.2 Å². The average molecular weight is 264 g/mol. The van der Waals surface area contributed by atoms with Gasteiger partial charge in [-0.25, -0.2) is 0 Å². The van der Waals surface area contributed by atoms with Gasteiger partial charge in [-0.3, -0.25) is 11.3 Å². The smallest absolute Gasteiger partial charge is 0.122 e. The van der Waals surface area contributed by atoms with E-state index in [1.807, 2.05) is 0 Å². The molecule has 1 aromatic rings. The van der Waals surface area contributed by atoms with Crippen molar-refractivity contribution in [3.8, 4) is 5.75 Å². The largest absolute Gasteiger partial charge is 0.496 e. The molecule has 1 aromatic carbocycles. The second-order valence-corrected chi connectivity index (χ2v) is 5.27. The molecule has 0 amide bonds. The second kappa shape index (κ2) is 6.37. The first-order valence-electron chi connectivity index (χ1n) is 6.88. The van der Waals surface area contributed by atoms with E-state index in [0.29, 0.717) is 6.10 Å². The van der Waals surface area contributed by atoms with Gasteiger partial charge in [0.25, 0.3) is 0 Å². The Hall–Kier alpha value is -1.10. The number of ether oxygens (including phenoxy) is 2. The van der Waals surface area contributed by atoms with Crippen molar-refractivity contribution in [2.24, 2.45) is 5.84 Å². The summed E-state index contributed by atoms with van der Waals surface area (Å²) in [6.07, 6.45) is 3.53. The molecule has 0 bridgehead atoms. The van der Waals surface area contributed by atoms with Gasteiger partial charge in [-0.2, -0.15) is 0 Å². The van der Waals surface area contributed by atoms with E-state index in [1.54, 1.807) is 7.11 Å². The van der Waals surface area contributed by atoms with Crippen LogP contribution in [-0.4, -0.2) is 19.8 Å². The van der Waals surface area contributed by atoms with Crippen LogP contribution in [0.2, 0.25) is 0 Å². The molecule has 1 aliphatic heterocycles. The Labute approximate surface area is 115 Å². The maximum absolute atomic E-state index is 5.74. The molecule has 1 aliphatic rings. The molecule has 4 nitrogen and oxygen atoms in total. The summed E-state index contributed by atoms with van der Waals surface area (Å²) in [7, 11) is 1.70. The molecule has 1 saturated heterocycles. The van der Waals surface area contributed by atoms with Crippen molar-refractivity contribution in [2.45, 2.75) is 45.3 Å². The fourth-order valence-electron chi connectivity index (χ4n) is 2.79. The summed E-state index contributed by atoms with van der Waals surface area (Å²) >= 11 is 0. The molecule has 1 heterocycles. The predicted octanol–water partition coefficient (Wildman–Crippen LogP) is 2.39. The number of hydrogen-bond donors (Lipinski definition) is 2. The highest BCUT2D eigenvalue weighted by atomic mass is 16.5. The molecular weight excluding hydrogens is 240 g/mol. The minimum atomic E-state index is 0.132. The van der Waals surface area contributed by atoms with Crippen LogP contribution >= 0.6 is 0 Å². The average Bonchev–Trinajstić information content (AvgIpc) is 2.91. The fourth-order valence-corrected chi connectivity index (χ4v) is 2.79. The number of nitrogens with one attached hydrogen (secondary N) is 1. The molecule has 2 rings (SSSR count). The Morgan fingerprint density at radius 2 is 2.21 bits per heavy atom. The molecule has 3 N–H and O–H groups in total.